The highest BCUT2D eigenvalue weighted by Crippen LogP contribution is 2.24. The molecule has 0 radical (unpaired) electrons. The molecule has 1 saturated heterocycles. The van der Waals surface area contributed by atoms with Crippen LogP contribution in [0.2, 0.25) is 0 Å². The van der Waals surface area contributed by atoms with E-state index in [1.807, 2.05) is 19.1 Å². The summed E-state index contributed by atoms with van der Waals surface area (Å²) in [4.78, 5) is 45.1. The van der Waals surface area contributed by atoms with E-state index in [-0.39, 0.29) is 30.7 Å². The molecule has 2 aliphatic rings. The zero-order valence-corrected chi connectivity index (χ0v) is 16.5. The Kier molecular flexibility index (Phi) is 5.29. The smallest absolute Gasteiger partial charge is 0.261 e. The summed E-state index contributed by atoms with van der Waals surface area (Å²) in [6.07, 6.45) is 3.01. The average Bonchev–Trinajstić information content (AvgIpc) is 3.33. The molecule has 7 heteroatoms. The van der Waals surface area contributed by atoms with Crippen LogP contribution < -0.4 is 10.2 Å². The van der Waals surface area contributed by atoms with Crippen molar-refractivity contribution in [3.05, 3.63) is 53.2 Å². The largest absolute Gasteiger partial charge is 0.357 e. The number of carbonyl (C=O) groups is 3. The molecule has 0 saturated carbocycles. The molecule has 1 aromatic carbocycles. The van der Waals surface area contributed by atoms with Crippen LogP contribution in [0.3, 0.4) is 0 Å². The van der Waals surface area contributed by atoms with E-state index < -0.39 is 0 Å². The summed E-state index contributed by atoms with van der Waals surface area (Å²) >= 11 is 0. The molecule has 150 valence electrons. The van der Waals surface area contributed by atoms with Gasteiger partial charge in [-0.1, -0.05) is 12.1 Å². The highest BCUT2D eigenvalue weighted by Gasteiger charge is 2.34. The van der Waals surface area contributed by atoms with Gasteiger partial charge in [0.15, 0.2) is 0 Å². The van der Waals surface area contributed by atoms with Gasteiger partial charge >= 0.3 is 0 Å². The number of benzene rings is 1. The fraction of sp³-hybridized carbons (Fsp3) is 0.364. The first-order valence-electron chi connectivity index (χ1n) is 10.0. The van der Waals surface area contributed by atoms with E-state index >= 15 is 0 Å². The van der Waals surface area contributed by atoms with Gasteiger partial charge in [0.05, 0.1) is 22.5 Å². The number of aromatic nitrogens is 1. The van der Waals surface area contributed by atoms with E-state index in [0.29, 0.717) is 23.2 Å². The highest BCUT2D eigenvalue weighted by molar-refractivity contribution is 6.21. The average molecular weight is 392 g/mol. The molecule has 7 nitrogen and oxygen atoms in total. The number of nitrogens with one attached hydrogen (secondary N) is 1. The number of nitrogens with zero attached hydrogens (tertiary/aromatic N) is 3. The number of aryl methyl sites for hydroxylation is 1. The van der Waals surface area contributed by atoms with Gasteiger partial charge in [0.1, 0.15) is 5.82 Å². The second kappa shape index (κ2) is 8.03. The Labute approximate surface area is 169 Å². The predicted molar refractivity (Wildman–Crippen MR) is 110 cm³/mol. The second-order valence-electron chi connectivity index (χ2n) is 7.46. The molecule has 0 spiro atoms. The van der Waals surface area contributed by atoms with E-state index in [9.17, 15) is 14.4 Å². The molecule has 0 aliphatic carbocycles. The van der Waals surface area contributed by atoms with Crippen molar-refractivity contribution in [1.82, 2.24) is 9.88 Å². The zero-order chi connectivity index (χ0) is 20.4. The minimum Gasteiger partial charge on any atom is -0.357 e. The molecular formula is C22H24N4O3. The lowest BCUT2D eigenvalue weighted by Crippen LogP contribution is -2.31. The van der Waals surface area contributed by atoms with Crippen LogP contribution in [-0.4, -0.2) is 47.2 Å². The molecule has 3 amide bonds. The molecule has 1 N–H and O–H groups in total. The van der Waals surface area contributed by atoms with Gasteiger partial charge in [0.25, 0.3) is 11.8 Å². The maximum atomic E-state index is 12.4. The molecule has 0 atom stereocenters. The Bertz CT molecular complexity index is 931. The number of hydrogen-bond donors (Lipinski definition) is 1. The van der Waals surface area contributed by atoms with Crippen LogP contribution in [0.25, 0.3) is 0 Å². The summed E-state index contributed by atoms with van der Waals surface area (Å²) in [7, 11) is 0. The molecule has 2 aliphatic heterocycles. The van der Waals surface area contributed by atoms with Crippen molar-refractivity contribution in [2.45, 2.75) is 32.6 Å². The van der Waals surface area contributed by atoms with E-state index in [1.54, 1.807) is 24.3 Å². The Morgan fingerprint density at radius 1 is 1.03 bits per heavy atom. The van der Waals surface area contributed by atoms with Crippen LogP contribution in [0.15, 0.2) is 36.4 Å². The minimum absolute atomic E-state index is 0.152. The summed E-state index contributed by atoms with van der Waals surface area (Å²) in [6, 6.07) is 10.6. The van der Waals surface area contributed by atoms with Crippen LogP contribution >= 0.6 is 0 Å². The van der Waals surface area contributed by atoms with Gasteiger partial charge in [-0.3, -0.25) is 19.3 Å². The fourth-order valence-electron chi connectivity index (χ4n) is 3.85. The number of anilines is 2. The molecule has 4 rings (SSSR count). The molecule has 0 bridgehead atoms. The lowest BCUT2D eigenvalue weighted by molar-refractivity contribution is -0.116. The third kappa shape index (κ3) is 3.85. The van der Waals surface area contributed by atoms with Crippen LogP contribution in [0.1, 0.15) is 52.1 Å². The summed E-state index contributed by atoms with van der Waals surface area (Å²) in [5.41, 5.74) is 2.34. The Hall–Kier alpha value is -3.22. The monoisotopic (exact) mass is 392 g/mol. The maximum absolute atomic E-state index is 12.4. The standard InChI is InChI=1S/C22H24N4O3/c1-15-18(10-11-19(23-15)25-12-4-5-13-25)24-20(27)9-6-14-26-21(28)16-7-2-3-8-17(16)22(26)29/h2-3,7-8,10-11H,4-6,9,12-14H2,1H3,(H,24,27). The van der Waals surface area contributed by atoms with Crippen LogP contribution in [0.4, 0.5) is 11.5 Å². The zero-order valence-electron chi connectivity index (χ0n) is 16.5. The first kappa shape index (κ1) is 19.1. The van der Waals surface area contributed by atoms with Crippen molar-refractivity contribution in [3.63, 3.8) is 0 Å². The Morgan fingerprint density at radius 2 is 1.69 bits per heavy atom. The first-order chi connectivity index (χ1) is 14.0. The summed E-state index contributed by atoms with van der Waals surface area (Å²) in [6.45, 7) is 4.16. The Balaban J connectivity index is 1.30. The molecule has 3 heterocycles. The lowest BCUT2D eigenvalue weighted by Gasteiger charge is -2.18. The number of fused-ring (bicyclic) bond motifs is 1. The number of amides is 3. The number of hydrogen-bond acceptors (Lipinski definition) is 5. The third-order valence-corrected chi connectivity index (χ3v) is 5.44. The Morgan fingerprint density at radius 3 is 2.31 bits per heavy atom. The molecule has 29 heavy (non-hydrogen) atoms. The van der Waals surface area contributed by atoms with Gasteiger partial charge < -0.3 is 10.2 Å². The quantitative estimate of drug-likeness (QED) is 0.764. The van der Waals surface area contributed by atoms with Crippen LogP contribution in [0.5, 0.6) is 0 Å². The topological polar surface area (TPSA) is 82.6 Å². The number of imide groups is 1. The highest BCUT2D eigenvalue weighted by atomic mass is 16.2. The van der Waals surface area contributed by atoms with Crippen molar-refractivity contribution in [1.29, 1.82) is 0 Å². The van der Waals surface area contributed by atoms with Gasteiger partial charge in [0, 0.05) is 26.1 Å². The van der Waals surface area contributed by atoms with Crippen molar-refractivity contribution in [3.8, 4) is 0 Å². The summed E-state index contributed by atoms with van der Waals surface area (Å²) in [5, 5.41) is 2.88. The SMILES string of the molecule is Cc1nc(N2CCCC2)ccc1NC(=O)CCCN1C(=O)c2ccccc2C1=O. The van der Waals surface area contributed by atoms with Gasteiger partial charge in [-0.2, -0.15) is 0 Å². The third-order valence-electron chi connectivity index (χ3n) is 5.44. The normalized spacial score (nSPS) is 15.8. The van der Waals surface area contributed by atoms with Crippen molar-refractivity contribution in [2.75, 3.05) is 29.9 Å². The van der Waals surface area contributed by atoms with Gasteiger partial charge in [-0.25, -0.2) is 4.98 Å². The number of rotatable bonds is 6. The lowest BCUT2D eigenvalue weighted by atomic mass is 10.1. The van der Waals surface area contributed by atoms with Crippen LogP contribution in [0, 0.1) is 6.92 Å². The second-order valence-corrected chi connectivity index (χ2v) is 7.46. The first-order valence-corrected chi connectivity index (χ1v) is 10.0. The molecule has 1 aromatic heterocycles. The molecule has 0 unspecified atom stereocenters. The molecular weight excluding hydrogens is 368 g/mol. The van der Waals surface area contributed by atoms with Crippen molar-refractivity contribution in [2.24, 2.45) is 0 Å². The molecule has 2 aromatic rings. The van der Waals surface area contributed by atoms with E-state index in [1.165, 1.54) is 17.7 Å². The number of carbonyl (C=O) groups excluding carboxylic acids is 3. The van der Waals surface area contributed by atoms with E-state index in [4.69, 9.17) is 0 Å². The van der Waals surface area contributed by atoms with Crippen molar-refractivity contribution < 1.29 is 14.4 Å². The predicted octanol–water partition coefficient (Wildman–Crippen LogP) is 3.01. The number of pyridine rings is 1. The molecule has 1 fully saturated rings. The minimum atomic E-state index is -0.288. The maximum Gasteiger partial charge on any atom is 0.261 e. The van der Waals surface area contributed by atoms with Gasteiger partial charge in [-0.05, 0) is 50.5 Å². The fourth-order valence-corrected chi connectivity index (χ4v) is 3.85. The van der Waals surface area contributed by atoms with Crippen LogP contribution in [-0.2, 0) is 4.79 Å². The van der Waals surface area contributed by atoms with E-state index in [0.717, 1.165) is 24.6 Å². The van der Waals surface area contributed by atoms with Crippen molar-refractivity contribution >= 4 is 29.2 Å². The van der Waals surface area contributed by atoms with E-state index in [2.05, 4.69) is 15.2 Å². The summed E-state index contributed by atoms with van der Waals surface area (Å²) < 4.78 is 0. The van der Waals surface area contributed by atoms with Gasteiger partial charge in [0.2, 0.25) is 5.91 Å². The summed E-state index contributed by atoms with van der Waals surface area (Å²) in [5.74, 6) is 0.219. The van der Waals surface area contributed by atoms with Gasteiger partial charge in [-0.15, -0.1) is 0 Å².